The fraction of sp³-hybridized carbons (Fsp3) is 0.348. The van der Waals surface area contributed by atoms with Crippen molar-refractivity contribution in [2.75, 3.05) is 25.2 Å². The van der Waals surface area contributed by atoms with Crippen LogP contribution in [-0.2, 0) is 18.2 Å². The Morgan fingerprint density at radius 1 is 1.17 bits per heavy atom. The Balaban J connectivity index is 1.56. The average Bonchev–Trinajstić information content (AvgIpc) is 2.80. The first-order valence-electron chi connectivity index (χ1n) is 10.2. The number of benzene rings is 1. The van der Waals surface area contributed by atoms with Crippen molar-refractivity contribution in [1.82, 2.24) is 14.5 Å². The number of pyridine rings is 1. The Kier molecular flexibility index (Phi) is 4.75. The van der Waals surface area contributed by atoms with Gasteiger partial charge < -0.3 is 14.4 Å². The summed E-state index contributed by atoms with van der Waals surface area (Å²) in [5, 5.41) is 0. The highest BCUT2D eigenvalue weighted by molar-refractivity contribution is 5.60. The van der Waals surface area contributed by atoms with Crippen LogP contribution < -0.4 is 15.2 Å². The lowest BCUT2D eigenvalue weighted by molar-refractivity contribution is 0.00164. The molecule has 2 aromatic heterocycles. The molecular weight excluding hydrogens is 380 g/mol. The lowest BCUT2D eigenvalue weighted by atomic mass is 9.84. The highest BCUT2D eigenvalue weighted by atomic mass is 16.5. The number of morpholine rings is 1. The first-order chi connectivity index (χ1) is 14.7. The van der Waals surface area contributed by atoms with Gasteiger partial charge in [-0.15, -0.1) is 0 Å². The van der Waals surface area contributed by atoms with Crippen molar-refractivity contribution >= 4 is 5.95 Å². The Hall–Kier alpha value is -3.19. The second-order valence-electron chi connectivity index (χ2n) is 7.73. The third-order valence-electron chi connectivity index (χ3n) is 6.09. The summed E-state index contributed by atoms with van der Waals surface area (Å²) < 4.78 is 13.3. The molecule has 0 amide bonds. The summed E-state index contributed by atoms with van der Waals surface area (Å²) >= 11 is 0. The fourth-order valence-electron chi connectivity index (χ4n) is 4.52. The minimum atomic E-state index is -0.0762. The van der Waals surface area contributed by atoms with Gasteiger partial charge in [-0.2, -0.15) is 0 Å². The number of aromatic nitrogens is 3. The van der Waals surface area contributed by atoms with E-state index in [0.717, 1.165) is 24.2 Å². The molecule has 0 bridgehead atoms. The minimum absolute atomic E-state index is 0.0703. The molecule has 1 aliphatic heterocycles. The number of anilines is 1. The molecule has 5 rings (SSSR count). The number of hydrogen-bond donors (Lipinski definition) is 0. The zero-order chi connectivity index (χ0) is 20.7. The van der Waals surface area contributed by atoms with Crippen molar-refractivity contribution in [1.29, 1.82) is 0 Å². The molecule has 2 atom stereocenters. The standard InChI is InChI=1S/C23H24N4O3/c1-26-21(28)14-19(16-7-9-24-10-8-16)25-23(26)27-11-12-30-22-18-13-17(29-2)5-3-15(18)4-6-20(22)27/h3,5,7-10,13-14,20,22H,4,6,11-12H2,1-2H3/t20-,22+/m1/s1. The first-order valence-corrected chi connectivity index (χ1v) is 10.2. The topological polar surface area (TPSA) is 69.5 Å². The Morgan fingerprint density at radius 3 is 2.80 bits per heavy atom. The number of aryl methyl sites for hydroxylation is 1. The normalized spacial score (nSPS) is 20.4. The molecule has 1 fully saturated rings. The number of methoxy groups -OCH3 is 1. The summed E-state index contributed by atoms with van der Waals surface area (Å²) in [6.45, 7) is 1.27. The van der Waals surface area contributed by atoms with Crippen LogP contribution in [0.4, 0.5) is 5.95 Å². The molecule has 154 valence electrons. The van der Waals surface area contributed by atoms with Gasteiger partial charge in [0.15, 0.2) is 0 Å². The SMILES string of the molecule is COc1ccc2c(c1)[C@@H]1OCCN(c3nc(-c4ccncc4)cc(=O)n3C)[C@@H]1CC2. The van der Waals surface area contributed by atoms with Crippen LogP contribution in [0.25, 0.3) is 11.3 Å². The van der Waals surface area contributed by atoms with Crippen molar-refractivity contribution in [3.63, 3.8) is 0 Å². The number of fused-ring (bicyclic) bond motifs is 3. The molecule has 0 unspecified atom stereocenters. The molecule has 3 heterocycles. The van der Waals surface area contributed by atoms with Gasteiger partial charge in [0.1, 0.15) is 11.9 Å². The second kappa shape index (κ2) is 7.57. The van der Waals surface area contributed by atoms with Crippen LogP contribution >= 0.6 is 0 Å². The molecule has 3 aromatic rings. The smallest absolute Gasteiger partial charge is 0.255 e. The molecule has 7 nitrogen and oxygen atoms in total. The van der Waals surface area contributed by atoms with Crippen LogP contribution in [0.3, 0.4) is 0 Å². The lowest BCUT2D eigenvalue weighted by Gasteiger charge is -2.45. The Labute approximate surface area is 174 Å². The summed E-state index contributed by atoms with van der Waals surface area (Å²) in [7, 11) is 3.46. The van der Waals surface area contributed by atoms with Crippen molar-refractivity contribution < 1.29 is 9.47 Å². The molecule has 30 heavy (non-hydrogen) atoms. The van der Waals surface area contributed by atoms with Crippen LogP contribution in [0.5, 0.6) is 5.75 Å². The van der Waals surface area contributed by atoms with Gasteiger partial charge in [0.25, 0.3) is 5.56 Å². The van der Waals surface area contributed by atoms with E-state index >= 15 is 0 Å². The van der Waals surface area contributed by atoms with Gasteiger partial charge in [-0.05, 0) is 48.2 Å². The van der Waals surface area contributed by atoms with Crippen molar-refractivity contribution in [2.45, 2.75) is 25.0 Å². The van der Waals surface area contributed by atoms with Gasteiger partial charge >= 0.3 is 0 Å². The van der Waals surface area contributed by atoms with E-state index in [-0.39, 0.29) is 17.7 Å². The monoisotopic (exact) mass is 404 g/mol. The first kappa shape index (κ1) is 18.8. The molecule has 0 saturated carbocycles. The zero-order valence-electron chi connectivity index (χ0n) is 17.1. The van der Waals surface area contributed by atoms with Gasteiger partial charge in [-0.25, -0.2) is 4.98 Å². The maximum Gasteiger partial charge on any atom is 0.255 e. The van der Waals surface area contributed by atoms with Crippen LogP contribution in [0, 0.1) is 0 Å². The average molecular weight is 404 g/mol. The van der Waals surface area contributed by atoms with Gasteiger partial charge in [0, 0.05) is 37.6 Å². The van der Waals surface area contributed by atoms with Gasteiger partial charge in [-0.3, -0.25) is 14.3 Å². The maximum absolute atomic E-state index is 12.8. The predicted molar refractivity (Wildman–Crippen MR) is 114 cm³/mol. The molecule has 0 radical (unpaired) electrons. The molecule has 7 heteroatoms. The van der Waals surface area contributed by atoms with E-state index in [9.17, 15) is 4.79 Å². The van der Waals surface area contributed by atoms with E-state index < -0.39 is 0 Å². The van der Waals surface area contributed by atoms with Crippen LogP contribution in [-0.4, -0.2) is 40.8 Å². The predicted octanol–water partition coefficient (Wildman–Crippen LogP) is 2.74. The van der Waals surface area contributed by atoms with Crippen LogP contribution in [0.2, 0.25) is 0 Å². The van der Waals surface area contributed by atoms with Crippen LogP contribution in [0.1, 0.15) is 23.7 Å². The number of hydrogen-bond acceptors (Lipinski definition) is 6. The highest BCUT2D eigenvalue weighted by Gasteiger charge is 2.39. The van der Waals surface area contributed by atoms with E-state index in [2.05, 4.69) is 22.0 Å². The summed E-state index contributed by atoms with van der Waals surface area (Å²) in [6.07, 6.45) is 5.26. The lowest BCUT2D eigenvalue weighted by Crippen LogP contribution is -2.51. The van der Waals surface area contributed by atoms with E-state index in [1.165, 1.54) is 11.1 Å². The van der Waals surface area contributed by atoms with E-state index in [1.807, 2.05) is 18.2 Å². The number of nitrogens with zero attached hydrogens (tertiary/aromatic N) is 4. The summed E-state index contributed by atoms with van der Waals surface area (Å²) in [4.78, 5) is 23.9. The second-order valence-corrected chi connectivity index (χ2v) is 7.73. The quantitative estimate of drug-likeness (QED) is 0.669. The molecule has 1 aromatic carbocycles. The zero-order valence-corrected chi connectivity index (χ0v) is 17.1. The van der Waals surface area contributed by atoms with Crippen LogP contribution in [0.15, 0.2) is 53.6 Å². The van der Waals surface area contributed by atoms with Gasteiger partial charge in [0.05, 0.1) is 25.5 Å². The van der Waals surface area contributed by atoms with Crippen molar-refractivity contribution in [3.8, 4) is 17.0 Å². The Morgan fingerprint density at radius 2 is 2.00 bits per heavy atom. The molecule has 2 aliphatic rings. The highest BCUT2D eigenvalue weighted by Crippen LogP contribution is 2.40. The molecule has 1 saturated heterocycles. The largest absolute Gasteiger partial charge is 0.497 e. The summed E-state index contributed by atoms with van der Waals surface area (Å²) in [6, 6.07) is 11.7. The summed E-state index contributed by atoms with van der Waals surface area (Å²) in [5.74, 6) is 1.51. The van der Waals surface area contributed by atoms with Gasteiger partial charge in [-0.1, -0.05) is 6.07 Å². The maximum atomic E-state index is 12.8. The Bertz CT molecular complexity index is 1130. The molecular formula is C23H24N4O3. The molecule has 0 N–H and O–H groups in total. The number of ether oxygens (including phenoxy) is 2. The molecule has 1 aliphatic carbocycles. The van der Waals surface area contributed by atoms with E-state index in [0.29, 0.717) is 24.8 Å². The minimum Gasteiger partial charge on any atom is -0.497 e. The molecule has 0 spiro atoms. The van der Waals surface area contributed by atoms with Crippen molar-refractivity contribution in [3.05, 3.63) is 70.3 Å². The van der Waals surface area contributed by atoms with E-state index in [1.54, 1.807) is 37.2 Å². The summed E-state index contributed by atoms with van der Waals surface area (Å²) in [5.41, 5.74) is 3.94. The van der Waals surface area contributed by atoms with E-state index in [4.69, 9.17) is 14.5 Å². The van der Waals surface area contributed by atoms with Gasteiger partial charge in [0.2, 0.25) is 5.95 Å². The third kappa shape index (κ3) is 3.15. The van der Waals surface area contributed by atoms with Crippen molar-refractivity contribution in [2.24, 2.45) is 7.05 Å². The fourth-order valence-corrected chi connectivity index (χ4v) is 4.52. The third-order valence-corrected chi connectivity index (χ3v) is 6.09. The number of rotatable bonds is 3.